The van der Waals surface area contributed by atoms with E-state index in [9.17, 15) is 0 Å². The zero-order chi connectivity index (χ0) is 10.6. The highest BCUT2D eigenvalue weighted by atomic mass is 16.5. The molecule has 1 aromatic carbocycles. The molecule has 0 unspecified atom stereocenters. The van der Waals surface area contributed by atoms with Crippen LogP contribution in [0.25, 0.3) is 0 Å². The van der Waals surface area contributed by atoms with Gasteiger partial charge in [-0.05, 0) is 24.6 Å². The Morgan fingerprint density at radius 2 is 2.14 bits per heavy atom. The van der Waals surface area contributed by atoms with Crippen LogP contribution in [0, 0.1) is 6.92 Å². The first kappa shape index (κ1) is 10.9. The molecule has 0 aliphatic rings. The Morgan fingerprint density at radius 3 is 2.71 bits per heavy atom. The molecule has 3 nitrogen and oxygen atoms in total. The number of hydrogen-bond donors (Lipinski definition) is 1. The number of benzene rings is 1. The SMILES string of the molecule is COCCN(C)c1ccc(C)c(N)c1. The van der Waals surface area contributed by atoms with E-state index >= 15 is 0 Å². The summed E-state index contributed by atoms with van der Waals surface area (Å²) in [6, 6.07) is 6.10. The first-order chi connectivity index (χ1) is 6.65. The van der Waals surface area contributed by atoms with Gasteiger partial charge in [0.25, 0.3) is 0 Å². The number of nitrogens with two attached hydrogens (primary N) is 1. The Morgan fingerprint density at radius 1 is 1.43 bits per heavy atom. The summed E-state index contributed by atoms with van der Waals surface area (Å²) in [5.41, 5.74) is 8.92. The van der Waals surface area contributed by atoms with Crippen LogP contribution in [0.2, 0.25) is 0 Å². The van der Waals surface area contributed by atoms with Gasteiger partial charge in [-0.3, -0.25) is 0 Å². The molecule has 0 radical (unpaired) electrons. The molecule has 0 aliphatic carbocycles. The van der Waals surface area contributed by atoms with Gasteiger partial charge in [-0.2, -0.15) is 0 Å². The van der Waals surface area contributed by atoms with Crippen molar-refractivity contribution >= 4 is 11.4 Å². The summed E-state index contributed by atoms with van der Waals surface area (Å²) in [5, 5.41) is 0. The van der Waals surface area contributed by atoms with Crippen LogP contribution in [0.1, 0.15) is 5.56 Å². The second-order valence-corrected chi connectivity index (χ2v) is 3.46. The number of ether oxygens (including phenoxy) is 1. The Balaban J connectivity index is 2.70. The third-order valence-corrected chi connectivity index (χ3v) is 2.33. The Kier molecular flexibility index (Phi) is 3.77. The van der Waals surface area contributed by atoms with Crippen molar-refractivity contribution in [3.8, 4) is 0 Å². The molecule has 0 heterocycles. The second kappa shape index (κ2) is 4.86. The van der Waals surface area contributed by atoms with Gasteiger partial charge in [0.1, 0.15) is 0 Å². The number of aryl methyl sites for hydroxylation is 1. The summed E-state index contributed by atoms with van der Waals surface area (Å²) >= 11 is 0. The van der Waals surface area contributed by atoms with Gasteiger partial charge in [0.05, 0.1) is 6.61 Å². The highest BCUT2D eigenvalue weighted by molar-refractivity contribution is 5.59. The minimum atomic E-state index is 0.726. The zero-order valence-corrected chi connectivity index (χ0v) is 9.08. The van der Waals surface area contributed by atoms with E-state index in [-0.39, 0.29) is 0 Å². The van der Waals surface area contributed by atoms with Crippen molar-refractivity contribution in [3.05, 3.63) is 23.8 Å². The molecule has 0 atom stereocenters. The molecule has 0 spiro atoms. The van der Waals surface area contributed by atoms with E-state index in [1.54, 1.807) is 7.11 Å². The Labute approximate surface area is 85.5 Å². The standard InChI is InChI=1S/C11H18N2O/c1-9-4-5-10(8-11(9)12)13(2)6-7-14-3/h4-5,8H,6-7,12H2,1-3H3. The predicted molar refractivity (Wildman–Crippen MR) is 60.7 cm³/mol. The number of likely N-dealkylation sites (N-methyl/N-ethyl adjacent to an activating group) is 1. The van der Waals surface area contributed by atoms with Crippen LogP contribution in [0.3, 0.4) is 0 Å². The van der Waals surface area contributed by atoms with Crippen molar-refractivity contribution in [2.75, 3.05) is 37.9 Å². The molecule has 0 saturated carbocycles. The highest BCUT2D eigenvalue weighted by Crippen LogP contribution is 2.19. The highest BCUT2D eigenvalue weighted by Gasteiger charge is 2.01. The maximum Gasteiger partial charge on any atom is 0.0637 e. The van der Waals surface area contributed by atoms with Gasteiger partial charge in [0, 0.05) is 32.1 Å². The lowest BCUT2D eigenvalue weighted by Gasteiger charge is -2.19. The fraction of sp³-hybridized carbons (Fsp3) is 0.455. The lowest BCUT2D eigenvalue weighted by molar-refractivity contribution is 0.206. The lowest BCUT2D eigenvalue weighted by Crippen LogP contribution is -2.22. The third-order valence-electron chi connectivity index (χ3n) is 2.33. The first-order valence-corrected chi connectivity index (χ1v) is 4.71. The van der Waals surface area contributed by atoms with E-state index in [0.29, 0.717) is 0 Å². The summed E-state index contributed by atoms with van der Waals surface area (Å²) in [5.74, 6) is 0. The molecule has 0 amide bonds. The minimum absolute atomic E-state index is 0.726. The van der Waals surface area contributed by atoms with Crippen LogP contribution in [0.4, 0.5) is 11.4 Å². The molecule has 78 valence electrons. The van der Waals surface area contributed by atoms with Crippen LogP contribution in [-0.4, -0.2) is 27.3 Å². The Hall–Kier alpha value is -1.22. The van der Waals surface area contributed by atoms with Gasteiger partial charge in [0.15, 0.2) is 0 Å². The molecule has 0 fully saturated rings. The smallest absolute Gasteiger partial charge is 0.0637 e. The molecule has 0 aliphatic heterocycles. The van der Waals surface area contributed by atoms with Crippen molar-refractivity contribution in [1.29, 1.82) is 0 Å². The van der Waals surface area contributed by atoms with E-state index in [4.69, 9.17) is 10.5 Å². The number of anilines is 2. The fourth-order valence-corrected chi connectivity index (χ4v) is 1.22. The quantitative estimate of drug-likeness (QED) is 0.741. The van der Waals surface area contributed by atoms with E-state index < -0.39 is 0 Å². The van der Waals surface area contributed by atoms with E-state index in [0.717, 1.165) is 30.1 Å². The molecule has 14 heavy (non-hydrogen) atoms. The van der Waals surface area contributed by atoms with Crippen molar-refractivity contribution in [3.63, 3.8) is 0 Å². The largest absolute Gasteiger partial charge is 0.398 e. The van der Waals surface area contributed by atoms with Crippen LogP contribution < -0.4 is 10.6 Å². The normalized spacial score (nSPS) is 10.2. The molecule has 0 saturated heterocycles. The molecule has 2 N–H and O–H groups in total. The third kappa shape index (κ3) is 2.64. The zero-order valence-electron chi connectivity index (χ0n) is 9.08. The number of nitrogen functional groups attached to an aromatic ring is 1. The van der Waals surface area contributed by atoms with Gasteiger partial charge in [-0.25, -0.2) is 0 Å². The molecular weight excluding hydrogens is 176 g/mol. The maximum atomic E-state index is 5.83. The van der Waals surface area contributed by atoms with Crippen LogP contribution in [-0.2, 0) is 4.74 Å². The first-order valence-electron chi connectivity index (χ1n) is 4.71. The average Bonchev–Trinajstić information content (AvgIpc) is 2.18. The van der Waals surface area contributed by atoms with Gasteiger partial charge in [0.2, 0.25) is 0 Å². The summed E-state index contributed by atoms with van der Waals surface area (Å²) in [4.78, 5) is 2.12. The van der Waals surface area contributed by atoms with E-state index in [1.807, 2.05) is 26.1 Å². The summed E-state index contributed by atoms with van der Waals surface area (Å²) < 4.78 is 5.02. The molecule has 0 aromatic heterocycles. The average molecular weight is 194 g/mol. The topological polar surface area (TPSA) is 38.5 Å². The van der Waals surface area contributed by atoms with Gasteiger partial charge in [-0.15, -0.1) is 0 Å². The van der Waals surface area contributed by atoms with Gasteiger partial charge in [-0.1, -0.05) is 6.07 Å². The van der Waals surface area contributed by atoms with Crippen molar-refractivity contribution < 1.29 is 4.74 Å². The van der Waals surface area contributed by atoms with Gasteiger partial charge < -0.3 is 15.4 Å². The Bertz CT molecular complexity index is 299. The number of rotatable bonds is 4. The molecule has 1 rings (SSSR count). The van der Waals surface area contributed by atoms with Crippen molar-refractivity contribution in [2.24, 2.45) is 0 Å². The van der Waals surface area contributed by atoms with Crippen LogP contribution >= 0.6 is 0 Å². The van der Waals surface area contributed by atoms with Gasteiger partial charge >= 0.3 is 0 Å². The summed E-state index contributed by atoms with van der Waals surface area (Å²) in [6.07, 6.45) is 0. The monoisotopic (exact) mass is 194 g/mol. The maximum absolute atomic E-state index is 5.83. The number of hydrogen-bond acceptors (Lipinski definition) is 3. The van der Waals surface area contributed by atoms with E-state index in [1.165, 1.54) is 0 Å². The van der Waals surface area contributed by atoms with Crippen LogP contribution in [0.15, 0.2) is 18.2 Å². The van der Waals surface area contributed by atoms with Crippen molar-refractivity contribution in [2.45, 2.75) is 6.92 Å². The molecule has 1 aromatic rings. The van der Waals surface area contributed by atoms with Crippen LogP contribution in [0.5, 0.6) is 0 Å². The number of nitrogens with zero attached hydrogens (tertiary/aromatic N) is 1. The molecule has 3 heteroatoms. The minimum Gasteiger partial charge on any atom is -0.398 e. The fourth-order valence-electron chi connectivity index (χ4n) is 1.22. The molecular formula is C11H18N2O. The molecule has 0 bridgehead atoms. The summed E-state index contributed by atoms with van der Waals surface area (Å²) in [7, 11) is 3.74. The second-order valence-electron chi connectivity index (χ2n) is 3.46. The summed E-state index contributed by atoms with van der Waals surface area (Å²) in [6.45, 7) is 3.61. The van der Waals surface area contributed by atoms with E-state index in [2.05, 4.69) is 11.0 Å². The number of methoxy groups -OCH3 is 1. The predicted octanol–water partition coefficient (Wildman–Crippen LogP) is 1.66. The van der Waals surface area contributed by atoms with Crippen molar-refractivity contribution in [1.82, 2.24) is 0 Å². The lowest BCUT2D eigenvalue weighted by atomic mass is 10.2.